The predicted molar refractivity (Wildman–Crippen MR) is 89.7 cm³/mol. The van der Waals surface area contributed by atoms with Crippen molar-refractivity contribution in [3.63, 3.8) is 0 Å². The molecule has 0 bridgehead atoms. The maximum absolute atomic E-state index is 10.1. The summed E-state index contributed by atoms with van der Waals surface area (Å²) < 4.78 is 0. The number of hydrogen-bond donors (Lipinski definition) is 2. The smallest absolute Gasteiger partial charge is 0.0583 e. The highest BCUT2D eigenvalue weighted by atomic mass is 16.3. The molecule has 118 valence electrons. The molecule has 0 saturated carbocycles. The first-order chi connectivity index (χ1) is 9.81. The van der Waals surface area contributed by atoms with Crippen LogP contribution < -0.4 is 10.6 Å². The Labute approximate surface area is 129 Å². The Morgan fingerprint density at radius 3 is 2.38 bits per heavy atom. The highest BCUT2D eigenvalue weighted by Gasteiger charge is 2.29. The number of benzene rings is 1. The number of nitrogens with two attached hydrogens (primary N) is 1. The first-order valence-electron chi connectivity index (χ1n) is 8.10. The molecule has 1 aromatic carbocycles. The van der Waals surface area contributed by atoms with Crippen LogP contribution in [0.4, 0.5) is 5.69 Å². The molecule has 1 fully saturated rings. The number of aliphatic hydroxyl groups excluding tert-OH is 1. The van der Waals surface area contributed by atoms with Gasteiger partial charge in [0.2, 0.25) is 0 Å². The van der Waals surface area contributed by atoms with Gasteiger partial charge in [0.1, 0.15) is 0 Å². The van der Waals surface area contributed by atoms with Crippen molar-refractivity contribution < 1.29 is 5.11 Å². The summed E-state index contributed by atoms with van der Waals surface area (Å²) in [5.41, 5.74) is 8.93. The fourth-order valence-corrected chi connectivity index (χ4v) is 3.17. The maximum atomic E-state index is 10.1. The van der Waals surface area contributed by atoms with Crippen molar-refractivity contribution in [3.8, 4) is 0 Å². The lowest BCUT2D eigenvalue weighted by Crippen LogP contribution is -2.50. The van der Waals surface area contributed by atoms with Gasteiger partial charge in [-0.15, -0.1) is 0 Å². The molecule has 0 amide bonds. The zero-order valence-electron chi connectivity index (χ0n) is 13.8. The molecule has 3 N–H and O–H groups in total. The Morgan fingerprint density at radius 1 is 1.24 bits per heavy atom. The van der Waals surface area contributed by atoms with E-state index in [0.29, 0.717) is 0 Å². The molecule has 0 aliphatic carbocycles. The molecule has 0 spiro atoms. The number of hydrogen-bond acceptors (Lipinski definition) is 3. The second-order valence-corrected chi connectivity index (χ2v) is 7.43. The zero-order valence-corrected chi connectivity index (χ0v) is 13.8. The summed E-state index contributed by atoms with van der Waals surface area (Å²) in [7, 11) is 0. The van der Waals surface area contributed by atoms with E-state index in [4.69, 9.17) is 5.73 Å². The highest BCUT2D eigenvalue weighted by Crippen LogP contribution is 2.28. The van der Waals surface area contributed by atoms with Crippen LogP contribution in [-0.4, -0.2) is 30.3 Å². The molecule has 21 heavy (non-hydrogen) atoms. The number of piperidine rings is 1. The SMILES string of the molecule is CCC(O)C1CC(N)CN(c2ccc(C(C)(C)C)cc2)C1. The lowest BCUT2D eigenvalue weighted by molar-refractivity contribution is 0.0902. The molecule has 1 aromatic rings. The molecule has 1 heterocycles. The second-order valence-electron chi connectivity index (χ2n) is 7.43. The molecule has 3 unspecified atom stereocenters. The highest BCUT2D eigenvalue weighted by molar-refractivity contribution is 5.49. The Hall–Kier alpha value is -1.06. The zero-order chi connectivity index (χ0) is 15.6. The van der Waals surface area contributed by atoms with Crippen molar-refractivity contribution >= 4 is 5.69 Å². The summed E-state index contributed by atoms with van der Waals surface area (Å²) in [6, 6.07) is 8.94. The summed E-state index contributed by atoms with van der Waals surface area (Å²) in [4.78, 5) is 2.32. The van der Waals surface area contributed by atoms with E-state index in [1.54, 1.807) is 0 Å². The summed E-state index contributed by atoms with van der Waals surface area (Å²) in [6.45, 7) is 10.5. The first-order valence-corrected chi connectivity index (χ1v) is 8.10. The van der Waals surface area contributed by atoms with E-state index in [9.17, 15) is 5.11 Å². The normalized spacial score (nSPS) is 25.0. The molecular weight excluding hydrogens is 260 g/mol. The lowest BCUT2D eigenvalue weighted by Gasteiger charge is -2.39. The van der Waals surface area contributed by atoms with E-state index in [-0.39, 0.29) is 23.5 Å². The molecule has 0 aromatic heterocycles. The van der Waals surface area contributed by atoms with Gasteiger partial charge < -0.3 is 15.7 Å². The van der Waals surface area contributed by atoms with Crippen LogP contribution in [-0.2, 0) is 5.41 Å². The molecular formula is C18H30N2O. The minimum absolute atomic E-state index is 0.146. The fraction of sp³-hybridized carbons (Fsp3) is 0.667. The summed E-state index contributed by atoms with van der Waals surface area (Å²) >= 11 is 0. The molecule has 1 aliphatic heterocycles. The summed E-state index contributed by atoms with van der Waals surface area (Å²) in [5, 5.41) is 10.1. The predicted octanol–water partition coefficient (Wildman–Crippen LogP) is 2.91. The topological polar surface area (TPSA) is 49.5 Å². The summed E-state index contributed by atoms with van der Waals surface area (Å²) in [6.07, 6.45) is 1.48. The van der Waals surface area contributed by atoms with Crippen molar-refractivity contribution in [1.29, 1.82) is 0 Å². The molecule has 3 atom stereocenters. The minimum atomic E-state index is -0.243. The van der Waals surface area contributed by atoms with Gasteiger partial charge in [-0.05, 0) is 36.0 Å². The first kappa shape index (κ1) is 16.3. The van der Waals surface area contributed by atoms with Crippen LogP contribution in [0, 0.1) is 5.92 Å². The van der Waals surface area contributed by atoms with Crippen molar-refractivity contribution in [1.82, 2.24) is 0 Å². The van der Waals surface area contributed by atoms with E-state index in [1.807, 2.05) is 6.92 Å². The van der Waals surface area contributed by atoms with Crippen LogP contribution in [0.25, 0.3) is 0 Å². The molecule has 3 nitrogen and oxygen atoms in total. The van der Waals surface area contributed by atoms with Gasteiger partial charge >= 0.3 is 0 Å². The third-order valence-electron chi connectivity index (χ3n) is 4.58. The van der Waals surface area contributed by atoms with E-state index in [2.05, 4.69) is 49.9 Å². The van der Waals surface area contributed by atoms with Gasteiger partial charge in [0.15, 0.2) is 0 Å². The molecule has 1 saturated heterocycles. The Balaban J connectivity index is 2.13. The number of nitrogens with zero attached hydrogens (tertiary/aromatic N) is 1. The van der Waals surface area contributed by atoms with E-state index >= 15 is 0 Å². The third kappa shape index (κ3) is 3.98. The maximum Gasteiger partial charge on any atom is 0.0583 e. The van der Waals surface area contributed by atoms with Gasteiger partial charge in [-0.2, -0.15) is 0 Å². The largest absolute Gasteiger partial charge is 0.393 e. The minimum Gasteiger partial charge on any atom is -0.393 e. The van der Waals surface area contributed by atoms with Gasteiger partial charge in [-0.25, -0.2) is 0 Å². The molecule has 1 aliphatic rings. The number of aliphatic hydroxyl groups is 1. The van der Waals surface area contributed by atoms with E-state index in [1.165, 1.54) is 11.3 Å². The number of anilines is 1. The Kier molecular flexibility index (Phi) is 4.95. The van der Waals surface area contributed by atoms with Gasteiger partial charge in [0.25, 0.3) is 0 Å². The number of rotatable bonds is 3. The third-order valence-corrected chi connectivity index (χ3v) is 4.58. The van der Waals surface area contributed by atoms with Crippen molar-refractivity contribution in [2.45, 2.75) is 58.1 Å². The van der Waals surface area contributed by atoms with Crippen LogP contribution in [0.1, 0.15) is 46.1 Å². The van der Waals surface area contributed by atoms with Crippen LogP contribution in [0.3, 0.4) is 0 Å². The van der Waals surface area contributed by atoms with Crippen molar-refractivity contribution in [2.24, 2.45) is 11.7 Å². The second kappa shape index (κ2) is 6.37. The van der Waals surface area contributed by atoms with Crippen molar-refractivity contribution in [3.05, 3.63) is 29.8 Å². The van der Waals surface area contributed by atoms with Gasteiger partial charge in [-0.1, -0.05) is 39.8 Å². The quantitative estimate of drug-likeness (QED) is 0.900. The standard InChI is InChI=1S/C18H30N2O/c1-5-17(21)13-10-15(19)12-20(11-13)16-8-6-14(7-9-16)18(2,3)4/h6-9,13,15,17,21H,5,10-12,19H2,1-4H3. The Morgan fingerprint density at radius 2 is 1.86 bits per heavy atom. The summed E-state index contributed by atoms with van der Waals surface area (Å²) in [5.74, 6) is 0.279. The Bertz CT molecular complexity index is 449. The fourth-order valence-electron chi connectivity index (χ4n) is 3.17. The van der Waals surface area contributed by atoms with Crippen LogP contribution in [0.2, 0.25) is 0 Å². The van der Waals surface area contributed by atoms with Gasteiger partial charge in [-0.3, -0.25) is 0 Å². The average molecular weight is 290 g/mol. The van der Waals surface area contributed by atoms with E-state index < -0.39 is 0 Å². The van der Waals surface area contributed by atoms with E-state index in [0.717, 1.165) is 25.9 Å². The van der Waals surface area contributed by atoms with Gasteiger partial charge in [0, 0.05) is 30.7 Å². The average Bonchev–Trinajstić information content (AvgIpc) is 2.45. The van der Waals surface area contributed by atoms with Crippen LogP contribution in [0.5, 0.6) is 0 Å². The monoisotopic (exact) mass is 290 g/mol. The molecule has 2 rings (SSSR count). The van der Waals surface area contributed by atoms with Crippen molar-refractivity contribution in [2.75, 3.05) is 18.0 Å². The van der Waals surface area contributed by atoms with Crippen LogP contribution >= 0.6 is 0 Å². The van der Waals surface area contributed by atoms with Crippen LogP contribution in [0.15, 0.2) is 24.3 Å². The van der Waals surface area contributed by atoms with Gasteiger partial charge in [0.05, 0.1) is 6.10 Å². The molecule has 3 heteroatoms. The lowest BCUT2D eigenvalue weighted by atomic mass is 9.86. The molecule has 0 radical (unpaired) electrons.